The first-order chi connectivity index (χ1) is 15.5. The Kier molecular flexibility index (Phi) is 7.27. The lowest BCUT2D eigenvalue weighted by atomic mass is 9.43. The first-order valence-electron chi connectivity index (χ1n) is 13.7. The van der Waals surface area contributed by atoms with Crippen LogP contribution in [0.4, 0.5) is 0 Å². The van der Waals surface area contributed by atoms with Gasteiger partial charge in [0.15, 0.2) is 0 Å². The number of aliphatic hydroxyl groups excluding tert-OH is 3. The van der Waals surface area contributed by atoms with Gasteiger partial charge >= 0.3 is 5.97 Å². The van der Waals surface area contributed by atoms with Crippen molar-refractivity contribution in [1.82, 2.24) is 0 Å². The second kappa shape index (κ2) is 9.43. The Morgan fingerprint density at radius 3 is 2.42 bits per heavy atom. The van der Waals surface area contributed by atoms with Crippen molar-refractivity contribution in [2.45, 2.75) is 111 Å². The topological polar surface area (TPSA) is 87.0 Å². The minimum absolute atomic E-state index is 0.106. The second-order valence-corrected chi connectivity index (χ2v) is 13.1. The number of carbonyl (C=O) groups is 1. The van der Waals surface area contributed by atoms with E-state index in [1.54, 1.807) is 0 Å². The van der Waals surface area contributed by atoms with Crippen LogP contribution < -0.4 is 0 Å². The Balaban J connectivity index is 1.48. The third-order valence-corrected chi connectivity index (χ3v) is 10.9. The number of aliphatic hydroxyl groups is 3. The third kappa shape index (κ3) is 4.40. The van der Waals surface area contributed by atoms with Crippen LogP contribution >= 0.6 is 0 Å². The maximum atomic E-state index is 12.2. The molecule has 0 radical (unpaired) electrons. The van der Waals surface area contributed by atoms with Crippen LogP contribution in [0.2, 0.25) is 0 Å². The zero-order valence-electron chi connectivity index (χ0n) is 21.5. The summed E-state index contributed by atoms with van der Waals surface area (Å²) in [5.74, 6) is 2.18. The molecule has 0 amide bonds. The lowest BCUT2D eigenvalue weighted by Gasteiger charge is -2.63. The van der Waals surface area contributed by atoms with Gasteiger partial charge in [-0.2, -0.15) is 0 Å². The fourth-order valence-corrected chi connectivity index (χ4v) is 9.01. The Labute approximate surface area is 200 Å². The first-order valence-corrected chi connectivity index (χ1v) is 13.7. The van der Waals surface area contributed by atoms with Crippen LogP contribution in [0.15, 0.2) is 0 Å². The summed E-state index contributed by atoms with van der Waals surface area (Å²) < 4.78 is 5.38. The minimum atomic E-state index is -0.374. The standard InChI is InChI=1S/C28H48O5/c1-16(2)15-33-25(32)9-6-17(3)20-7-8-21-26-22(14-24(31)28(20,21)5)27(4)11-10-19(29)12-18(27)13-23(26)30/h16-24,26,29-31H,6-15H2,1-5H3. The highest BCUT2D eigenvalue weighted by atomic mass is 16.5. The Morgan fingerprint density at radius 2 is 1.73 bits per heavy atom. The highest BCUT2D eigenvalue weighted by Crippen LogP contribution is 2.68. The number of ether oxygens (including phenoxy) is 1. The van der Waals surface area contributed by atoms with Crippen LogP contribution in [0.5, 0.6) is 0 Å². The van der Waals surface area contributed by atoms with E-state index in [9.17, 15) is 20.1 Å². The normalized spacial score (nSPS) is 48.0. The summed E-state index contributed by atoms with van der Waals surface area (Å²) in [6.07, 6.45) is 6.60. The van der Waals surface area contributed by atoms with Crippen LogP contribution in [-0.2, 0) is 9.53 Å². The number of hydrogen-bond donors (Lipinski definition) is 3. The van der Waals surface area contributed by atoms with Crippen molar-refractivity contribution < 1.29 is 24.9 Å². The lowest BCUT2D eigenvalue weighted by molar-refractivity contribution is -0.207. The van der Waals surface area contributed by atoms with Crippen molar-refractivity contribution in [2.24, 2.45) is 52.3 Å². The van der Waals surface area contributed by atoms with Crippen LogP contribution in [0.25, 0.3) is 0 Å². The molecule has 0 bridgehead atoms. The molecule has 0 saturated heterocycles. The molecule has 3 N–H and O–H groups in total. The summed E-state index contributed by atoms with van der Waals surface area (Å²) in [7, 11) is 0. The molecule has 0 aromatic carbocycles. The molecular formula is C28H48O5. The molecule has 5 heteroatoms. The fourth-order valence-electron chi connectivity index (χ4n) is 9.01. The Bertz CT molecular complexity index is 708. The molecular weight excluding hydrogens is 416 g/mol. The zero-order chi connectivity index (χ0) is 24.1. The van der Waals surface area contributed by atoms with Crippen molar-refractivity contribution in [3.8, 4) is 0 Å². The van der Waals surface area contributed by atoms with Gasteiger partial charge in [0.1, 0.15) is 0 Å². The van der Waals surface area contributed by atoms with E-state index in [-0.39, 0.29) is 41.0 Å². The van der Waals surface area contributed by atoms with E-state index in [1.807, 2.05) is 13.8 Å². The largest absolute Gasteiger partial charge is 0.465 e. The van der Waals surface area contributed by atoms with E-state index in [2.05, 4.69) is 20.8 Å². The number of fused-ring (bicyclic) bond motifs is 5. The monoisotopic (exact) mass is 464 g/mol. The van der Waals surface area contributed by atoms with Crippen LogP contribution in [-0.4, -0.2) is 46.2 Å². The molecule has 0 aromatic rings. The van der Waals surface area contributed by atoms with Gasteiger partial charge in [0.05, 0.1) is 24.9 Å². The average molecular weight is 465 g/mol. The van der Waals surface area contributed by atoms with Crippen molar-refractivity contribution in [1.29, 1.82) is 0 Å². The third-order valence-electron chi connectivity index (χ3n) is 10.9. The Morgan fingerprint density at radius 1 is 1.00 bits per heavy atom. The van der Waals surface area contributed by atoms with E-state index in [4.69, 9.17) is 4.74 Å². The molecule has 4 fully saturated rings. The van der Waals surface area contributed by atoms with Crippen molar-refractivity contribution in [2.75, 3.05) is 6.61 Å². The first kappa shape index (κ1) is 25.4. The number of esters is 1. The molecule has 5 nitrogen and oxygen atoms in total. The van der Waals surface area contributed by atoms with Gasteiger partial charge in [0.2, 0.25) is 0 Å². The summed E-state index contributed by atoms with van der Waals surface area (Å²) in [4.78, 5) is 12.2. The number of rotatable bonds is 6. The second-order valence-electron chi connectivity index (χ2n) is 13.1. The molecule has 0 heterocycles. The van der Waals surface area contributed by atoms with E-state index in [1.165, 1.54) is 0 Å². The molecule has 4 saturated carbocycles. The van der Waals surface area contributed by atoms with Crippen LogP contribution in [0.3, 0.4) is 0 Å². The van der Waals surface area contributed by atoms with Crippen molar-refractivity contribution in [3.63, 3.8) is 0 Å². The maximum absolute atomic E-state index is 12.2. The zero-order valence-corrected chi connectivity index (χ0v) is 21.5. The van der Waals surface area contributed by atoms with Gasteiger partial charge in [-0.1, -0.05) is 34.6 Å². The minimum Gasteiger partial charge on any atom is -0.465 e. The van der Waals surface area contributed by atoms with Gasteiger partial charge in [-0.05, 0) is 104 Å². The van der Waals surface area contributed by atoms with E-state index >= 15 is 0 Å². The Hall–Kier alpha value is -0.650. The molecule has 4 rings (SSSR count). The van der Waals surface area contributed by atoms with Crippen LogP contribution in [0, 0.1) is 52.3 Å². The SMILES string of the molecule is CC(C)COC(=O)CCC(C)C1CCC2C3C(O)CC4CC(O)CCC4(C)C3CC(O)C12C. The number of hydrogen-bond acceptors (Lipinski definition) is 5. The van der Waals surface area contributed by atoms with E-state index < -0.39 is 0 Å². The quantitative estimate of drug-likeness (QED) is 0.502. The maximum Gasteiger partial charge on any atom is 0.305 e. The van der Waals surface area contributed by atoms with Gasteiger partial charge in [-0.25, -0.2) is 0 Å². The molecule has 33 heavy (non-hydrogen) atoms. The van der Waals surface area contributed by atoms with Crippen molar-refractivity contribution in [3.05, 3.63) is 0 Å². The lowest BCUT2D eigenvalue weighted by Crippen LogP contribution is -2.62. The summed E-state index contributed by atoms with van der Waals surface area (Å²) >= 11 is 0. The molecule has 11 atom stereocenters. The molecule has 0 aliphatic heterocycles. The summed E-state index contributed by atoms with van der Waals surface area (Å²) in [6.45, 7) is 11.5. The van der Waals surface area contributed by atoms with Gasteiger partial charge in [0.25, 0.3) is 0 Å². The van der Waals surface area contributed by atoms with Crippen molar-refractivity contribution >= 4 is 5.97 Å². The highest BCUT2D eigenvalue weighted by Gasteiger charge is 2.65. The smallest absolute Gasteiger partial charge is 0.305 e. The molecule has 190 valence electrons. The average Bonchev–Trinajstić information content (AvgIpc) is 3.11. The molecule has 0 aromatic heterocycles. The van der Waals surface area contributed by atoms with Gasteiger partial charge in [-0.3, -0.25) is 4.79 Å². The fraction of sp³-hybridized carbons (Fsp3) is 0.964. The van der Waals surface area contributed by atoms with E-state index in [0.29, 0.717) is 48.5 Å². The number of carbonyl (C=O) groups excluding carboxylic acids is 1. The van der Waals surface area contributed by atoms with Gasteiger partial charge in [0, 0.05) is 6.42 Å². The summed E-state index contributed by atoms with van der Waals surface area (Å²) in [6, 6.07) is 0. The predicted molar refractivity (Wildman–Crippen MR) is 128 cm³/mol. The molecule has 11 unspecified atom stereocenters. The predicted octanol–water partition coefficient (Wildman–Crippen LogP) is 4.56. The molecule has 0 spiro atoms. The molecule has 4 aliphatic rings. The van der Waals surface area contributed by atoms with Gasteiger partial charge < -0.3 is 20.1 Å². The van der Waals surface area contributed by atoms with Crippen LogP contribution in [0.1, 0.15) is 92.4 Å². The summed E-state index contributed by atoms with van der Waals surface area (Å²) in [5, 5.41) is 33.3. The molecule has 4 aliphatic carbocycles. The highest BCUT2D eigenvalue weighted by molar-refractivity contribution is 5.69. The summed E-state index contributed by atoms with van der Waals surface area (Å²) in [5.41, 5.74) is -0.101. The van der Waals surface area contributed by atoms with Gasteiger partial charge in [-0.15, -0.1) is 0 Å². The van der Waals surface area contributed by atoms with E-state index in [0.717, 1.165) is 51.4 Å².